The monoisotopic (exact) mass is 388 g/mol. The third kappa shape index (κ3) is 7.05. The minimum atomic E-state index is -0.734. The van der Waals surface area contributed by atoms with Crippen LogP contribution in [0.2, 0.25) is 0 Å². The van der Waals surface area contributed by atoms with Gasteiger partial charge in [0.1, 0.15) is 5.78 Å². The van der Waals surface area contributed by atoms with Crippen molar-refractivity contribution in [1.29, 1.82) is 0 Å². The number of carboxylic acid groups (broad SMARTS) is 1. The van der Waals surface area contributed by atoms with E-state index in [4.69, 9.17) is 5.11 Å². The molecule has 2 rings (SSSR count). The summed E-state index contributed by atoms with van der Waals surface area (Å²) in [4.78, 5) is 23.0. The van der Waals surface area contributed by atoms with Gasteiger partial charge in [0.05, 0.1) is 6.10 Å². The molecular weight excluding hydrogens is 352 g/mol. The summed E-state index contributed by atoms with van der Waals surface area (Å²) in [6.07, 6.45) is 9.97. The molecule has 1 fully saturated rings. The molecule has 28 heavy (non-hydrogen) atoms. The number of hydrogen-bond donors (Lipinski definition) is 2. The van der Waals surface area contributed by atoms with E-state index in [1.165, 1.54) is 5.56 Å². The number of benzene rings is 1. The van der Waals surface area contributed by atoms with Gasteiger partial charge in [-0.3, -0.25) is 9.59 Å². The van der Waals surface area contributed by atoms with Crippen molar-refractivity contribution < 1.29 is 19.8 Å². The lowest BCUT2D eigenvalue weighted by Gasteiger charge is -2.20. The number of carboxylic acids is 1. The second kappa shape index (κ2) is 12.0. The Morgan fingerprint density at radius 1 is 1.14 bits per heavy atom. The van der Waals surface area contributed by atoms with E-state index in [1.807, 2.05) is 12.1 Å². The highest BCUT2D eigenvalue weighted by atomic mass is 16.4. The molecular formula is C24H36O4. The Morgan fingerprint density at radius 2 is 1.93 bits per heavy atom. The Hall–Kier alpha value is -1.68. The predicted octanol–water partition coefficient (Wildman–Crippen LogP) is 5.79. The van der Waals surface area contributed by atoms with E-state index in [-0.39, 0.29) is 18.3 Å². The zero-order valence-corrected chi connectivity index (χ0v) is 17.2. The van der Waals surface area contributed by atoms with Crippen LogP contribution in [0.5, 0.6) is 0 Å². The topological polar surface area (TPSA) is 74.6 Å². The quantitative estimate of drug-likeness (QED) is 0.420. The molecule has 0 heterocycles. The van der Waals surface area contributed by atoms with Crippen LogP contribution in [0.15, 0.2) is 24.3 Å². The first-order valence-corrected chi connectivity index (χ1v) is 11.0. The van der Waals surface area contributed by atoms with Gasteiger partial charge in [0.2, 0.25) is 0 Å². The average Bonchev–Trinajstić information content (AvgIpc) is 3.05. The maximum atomic E-state index is 12.4. The van der Waals surface area contributed by atoms with Crippen LogP contribution in [-0.2, 0) is 9.59 Å². The zero-order valence-electron chi connectivity index (χ0n) is 17.2. The van der Waals surface area contributed by atoms with E-state index in [2.05, 4.69) is 19.1 Å². The molecule has 2 N–H and O–H groups in total. The molecule has 1 aliphatic carbocycles. The summed E-state index contributed by atoms with van der Waals surface area (Å²) in [5.41, 5.74) is 2.16. The molecule has 0 aliphatic heterocycles. The van der Waals surface area contributed by atoms with Gasteiger partial charge in [-0.25, -0.2) is 0 Å². The maximum absolute atomic E-state index is 12.4. The molecule has 1 aliphatic rings. The van der Waals surface area contributed by atoms with Crippen LogP contribution in [0.3, 0.4) is 0 Å². The summed E-state index contributed by atoms with van der Waals surface area (Å²) in [5.74, 6) is -0.0338. The molecule has 0 radical (unpaired) electrons. The number of Topliss-reactive ketones (excluding diaryl/α,β-unsaturated/α-hetero) is 1. The van der Waals surface area contributed by atoms with E-state index >= 15 is 0 Å². The lowest BCUT2D eigenvalue weighted by Crippen LogP contribution is -2.14. The van der Waals surface area contributed by atoms with Gasteiger partial charge in [-0.1, -0.05) is 69.7 Å². The third-order valence-corrected chi connectivity index (χ3v) is 6.06. The fourth-order valence-electron chi connectivity index (χ4n) is 4.42. The lowest BCUT2D eigenvalue weighted by molar-refractivity contribution is -0.137. The number of unbranched alkanes of at least 4 members (excludes halogenated alkanes) is 5. The van der Waals surface area contributed by atoms with Crippen molar-refractivity contribution in [1.82, 2.24) is 0 Å². The van der Waals surface area contributed by atoms with Crippen LogP contribution in [-0.4, -0.2) is 22.0 Å². The minimum absolute atomic E-state index is 0.0759. The molecule has 4 heteroatoms. The van der Waals surface area contributed by atoms with Crippen LogP contribution < -0.4 is 0 Å². The van der Waals surface area contributed by atoms with Crippen molar-refractivity contribution in [2.45, 2.75) is 96.0 Å². The fourth-order valence-corrected chi connectivity index (χ4v) is 4.42. The Morgan fingerprint density at radius 3 is 2.68 bits per heavy atom. The fraction of sp³-hybridized carbons (Fsp3) is 0.667. The average molecular weight is 389 g/mol. The number of aliphatic hydroxyl groups is 1. The van der Waals surface area contributed by atoms with E-state index in [0.717, 1.165) is 69.8 Å². The Bertz CT molecular complexity index is 625. The van der Waals surface area contributed by atoms with Gasteiger partial charge in [0, 0.05) is 18.8 Å². The number of ketones is 1. The Kier molecular flexibility index (Phi) is 9.69. The van der Waals surface area contributed by atoms with Crippen LogP contribution in [0.25, 0.3) is 0 Å². The Labute approximate surface area is 169 Å². The zero-order chi connectivity index (χ0) is 20.4. The molecule has 3 unspecified atom stereocenters. The molecule has 1 aromatic rings. The van der Waals surface area contributed by atoms with E-state index in [1.54, 1.807) is 0 Å². The number of aliphatic hydroxyl groups excluding tert-OH is 1. The smallest absolute Gasteiger partial charge is 0.303 e. The number of rotatable bonds is 13. The molecule has 0 bridgehead atoms. The molecule has 1 aromatic carbocycles. The lowest BCUT2D eigenvalue weighted by atomic mass is 9.84. The van der Waals surface area contributed by atoms with Gasteiger partial charge in [0.25, 0.3) is 0 Å². The highest BCUT2D eigenvalue weighted by molar-refractivity contribution is 5.84. The SMILES string of the molecule is CCCCCC(O)c1cccc(C2CCC(=O)C2CCCCCCC(=O)O)c1. The van der Waals surface area contributed by atoms with Gasteiger partial charge < -0.3 is 10.2 Å². The normalized spacial score (nSPS) is 20.4. The molecule has 4 nitrogen and oxygen atoms in total. The van der Waals surface area contributed by atoms with Crippen molar-refractivity contribution in [3.63, 3.8) is 0 Å². The van der Waals surface area contributed by atoms with Crippen molar-refractivity contribution in [3.05, 3.63) is 35.4 Å². The maximum Gasteiger partial charge on any atom is 0.303 e. The van der Waals surface area contributed by atoms with Crippen molar-refractivity contribution in [3.8, 4) is 0 Å². The molecule has 1 saturated carbocycles. The minimum Gasteiger partial charge on any atom is -0.481 e. The van der Waals surface area contributed by atoms with Crippen molar-refractivity contribution in [2.24, 2.45) is 5.92 Å². The van der Waals surface area contributed by atoms with Crippen LogP contribution in [0.1, 0.15) is 107 Å². The highest BCUT2D eigenvalue weighted by Crippen LogP contribution is 2.41. The predicted molar refractivity (Wildman–Crippen MR) is 111 cm³/mol. The van der Waals surface area contributed by atoms with Crippen LogP contribution in [0.4, 0.5) is 0 Å². The van der Waals surface area contributed by atoms with E-state index in [0.29, 0.717) is 12.2 Å². The molecule has 3 atom stereocenters. The summed E-state index contributed by atoms with van der Waals surface area (Å²) < 4.78 is 0. The summed E-state index contributed by atoms with van der Waals surface area (Å²) in [6.45, 7) is 2.16. The Balaban J connectivity index is 1.90. The standard InChI is InChI=1S/C24H36O4/c1-2-3-6-13-22(25)19-11-9-10-18(17-19)20-15-16-23(26)21(20)12-7-4-5-8-14-24(27)28/h9-11,17,20-22,25H,2-8,12-16H2,1H3,(H,27,28). The summed E-state index contributed by atoms with van der Waals surface area (Å²) in [7, 11) is 0. The van der Waals surface area contributed by atoms with Gasteiger partial charge in [-0.05, 0) is 42.7 Å². The van der Waals surface area contributed by atoms with Crippen LogP contribution >= 0.6 is 0 Å². The third-order valence-electron chi connectivity index (χ3n) is 6.06. The highest BCUT2D eigenvalue weighted by Gasteiger charge is 2.35. The van der Waals surface area contributed by atoms with Gasteiger partial charge in [-0.15, -0.1) is 0 Å². The van der Waals surface area contributed by atoms with Crippen molar-refractivity contribution >= 4 is 11.8 Å². The number of carbonyl (C=O) groups excluding carboxylic acids is 1. The summed E-state index contributed by atoms with van der Waals surface area (Å²) in [6, 6.07) is 8.22. The van der Waals surface area contributed by atoms with Crippen molar-refractivity contribution in [2.75, 3.05) is 0 Å². The molecule has 156 valence electrons. The number of aliphatic carboxylic acids is 1. The van der Waals surface area contributed by atoms with E-state index < -0.39 is 12.1 Å². The summed E-state index contributed by atoms with van der Waals surface area (Å²) >= 11 is 0. The van der Waals surface area contributed by atoms with Gasteiger partial charge in [-0.2, -0.15) is 0 Å². The molecule has 0 saturated heterocycles. The first-order valence-electron chi connectivity index (χ1n) is 11.0. The van der Waals surface area contributed by atoms with E-state index in [9.17, 15) is 14.7 Å². The second-order valence-electron chi connectivity index (χ2n) is 8.25. The first-order chi connectivity index (χ1) is 13.5. The van der Waals surface area contributed by atoms with Gasteiger partial charge in [0.15, 0.2) is 0 Å². The molecule has 0 amide bonds. The van der Waals surface area contributed by atoms with Gasteiger partial charge >= 0.3 is 5.97 Å². The number of hydrogen-bond acceptors (Lipinski definition) is 3. The first kappa shape index (κ1) is 22.6. The largest absolute Gasteiger partial charge is 0.481 e. The molecule has 0 spiro atoms. The van der Waals surface area contributed by atoms with Crippen LogP contribution in [0, 0.1) is 5.92 Å². The second-order valence-corrected chi connectivity index (χ2v) is 8.25. The number of carbonyl (C=O) groups is 2. The summed E-state index contributed by atoms with van der Waals surface area (Å²) in [5, 5.41) is 19.2. The molecule has 0 aromatic heterocycles.